The molecule has 1 nitrogen and oxygen atoms in total. The van der Waals surface area contributed by atoms with Gasteiger partial charge in [-0.2, -0.15) is 0 Å². The first-order valence-electron chi connectivity index (χ1n) is 3.62. The van der Waals surface area contributed by atoms with Crippen LogP contribution in [0.5, 0.6) is 0 Å². The Morgan fingerprint density at radius 2 is 1.91 bits per heavy atom. The Labute approximate surface area is 83.3 Å². The van der Waals surface area contributed by atoms with Crippen molar-refractivity contribution in [3.05, 3.63) is 29.8 Å². The van der Waals surface area contributed by atoms with Crippen molar-refractivity contribution in [2.24, 2.45) is 0 Å². The fourth-order valence-corrected chi connectivity index (χ4v) is 1.88. The van der Waals surface area contributed by atoms with Gasteiger partial charge in [-0.3, -0.25) is 0 Å². The van der Waals surface area contributed by atoms with E-state index in [9.17, 15) is 0 Å². The molecule has 0 aromatic heterocycles. The van der Waals surface area contributed by atoms with Gasteiger partial charge in [0.25, 0.3) is 0 Å². The zero-order valence-electron chi connectivity index (χ0n) is 6.91. The van der Waals surface area contributed by atoms with Crippen molar-refractivity contribution < 1.29 is 0 Å². The quantitative estimate of drug-likeness (QED) is 0.709. The van der Waals surface area contributed by atoms with Gasteiger partial charge in [0.15, 0.2) is 0 Å². The molecule has 0 aliphatic carbocycles. The van der Waals surface area contributed by atoms with Crippen LogP contribution < -0.4 is 3.27 Å². The first-order valence-corrected chi connectivity index (χ1v) is 5.35. The van der Waals surface area contributed by atoms with Crippen LogP contribution in [0.2, 0.25) is 0 Å². The van der Waals surface area contributed by atoms with Gasteiger partial charge >= 0.3 is 83.4 Å². The Morgan fingerprint density at radius 3 is 2.45 bits per heavy atom. The minimum absolute atomic E-state index is 1.06. The summed E-state index contributed by atoms with van der Waals surface area (Å²) in [6, 6.07) is 8.62. The van der Waals surface area contributed by atoms with E-state index in [1.54, 1.807) is 0 Å². The normalized spacial score (nSPS) is 10.5. The second kappa shape index (κ2) is 4.18. The molecule has 1 aromatic carbocycles. The van der Waals surface area contributed by atoms with Crippen LogP contribution in [-0.4, -0.2) is 43.7 Å². The first kappa shape index (κ1) is 9.15. The molecule has 2 radical (unpaired) electrons. The maximum atomic E-state index is 2.20. The molecule has 1 rings (SSSR count). The molecular weight excluding hydrogens is 331 g/mol. The van der Waals surface area contributed by atoms with Crippen molar-refractivity contribution in [1.82, 2.24) is 4.90 Å². The molecule has 0 N–H and O–H groups in total. The summed E-state index contributed by atoms with van der Waals surface area (Å²) < 4.78 is 1.49. The molecule has 11 heavy (non-hydrogen) atoms. The number of hydrogen-bond acceptors (Lipinski definition) is 1. The van der Waals surface area contributed by atoms with Crippen LogP contribution in [0.25, 0.3) is 0 Å². The number of benzene rings is 1. The van der Waals surface area contributed by atoms with Gasteiger partial charge in [-0.15, -0.1) is 0 Å². The summed E-state index contributed by atoms with van der Waals surface area (Å²) in [6.45, 7) is 1.06. The van der Waals surface area contributed by atoms with E-state index in [0.29, 0.717) is 0 Å². The van der Waals surface area contributed by atoms with E-state index in [2.05, 4.69) is 43.3 Å². The van der Waals surface area contributed by atoms with Gasteiger partial charge in [-0.1, -0.05) is 0 Å². The SMILES string of the molecule is CN(C)Cc1cccc[c]1[Bi]. The fraction of sp³-hybridized carbons (Fsp3) is 0.333. The summed E-state index contributed by atoms with van der Waals surface area (Å²) in [5, 5.41) is 0. The molecule has 0 bridgehead atoms. The third kappa shape index (κ3) is 2.88. The zero-order valence-corrected chi connectivity index (χ0v) is 10.4. The van der Waals surface area contributed by atoms with Crippen molar-refractivity contribution in [2.75, 3.05) is 14.1 Å². The molecule has 2 heteroatoms. The zero-order chi connectivity index (χ0) is 8.27. The second-order valence-electron chi connectivity index (χ2n) is 2.87. The summed E-state index contributed by atoms with van der Waals surface area (Å²) >= 11 is 1.35. The molecule has 0 spiro atoms. The molecule has 0 heterocycles. The van der Waals surface area contributed by atoms with E-state index >= 15 is 0 Å². The predicted octanol–water partition coefficient (Wildman–Crippen LogP) is 0.542. The van der Waals surface area contributed by atoms with Crippen LogP contribution in [0.1, 0.15) is 5.56 Å². The number of nitrogens with zero attached hydrogens (tertiary/aromatic N) is 1. The van der Waals surface area contributed by atoms with Gasteiger partial charge in [0, 0.05) is 0 Å². The molecule has 0 aliphatic heterocycles. The Bertz CT molecular complexity index is 233. The topological polar surface area (TPSA) is 3.24 Å². The van der Waals surface area contributed by atoms with Crippen LogP contribution >= 0.6 is 0 Å². The summed E-state index contributed by atoms with van der Waals surface area (Å²) in [4.78, 5) is 2.20. The molecule has 0 unspecified atom stereocenters. The summed E-state index contributed by atoms with van der Waals surface area (Å²) in [5.74, 6) is 0. The van der Waals surface area contributed by atoms with Crippen LogP contribution in [-0.2, 0) is 6.54 Å². The van der Waals surface area contributed by atoms with Crippen molar-refractivity contribution in [3.63, 3.8) is 0 Å². The number of rotatable bonds is 2. The Balaban J connectivity index is 2.78. The predicted molar refractivity (Wildman–Crippen MR) is 49.2 cm³/mol. The molecule has 58 valence electrons. The van der Waals surface area contributed by atoms with Crippen LogP contribution in [0.3, 0.4) is 0 Å². The van der Waals surface area contributed by atoms with Gasteiger partial charge in [0.1, 0.15) is 0 Å². The first-order chi connectivity index (χ1) is 5.20. The Morgan fingerprint density at radius 1 is 1.27 bits per heavy atom. The average Bonchev–Trinajstić information content (AvgIpc) is 1.93. The van der Waals surface area contributed by atoms with Crippen LogP contribution in [0.15, 0.2) is 24.3 Å². The molecule has 1 aromatic rings. The monoisotopic (exact) mass is 343 g/mol. The molecule has 0 fully saturated rings. The van der Waals surface area contributed by atoms with Crippen molar-refractivity contribution in [2.45, 2.75) is 6.54 Å². The van der Waals surface area contributed by atoms with E-state index in [1.807, 2.05) is 0 Å². The van der Waals surface area contributed by atoms with Gasteiger partial charge in [-0.25, -0.2) is 0 Å². The van der Waals surface area contributed by atoms with Crippen LogP contribution in [0, 0.1) is 0 Å². The third-order valence-corrected chi connectivity index (χ3v) is 3.17. The van der Waals surface area contributed by atoms with Crippen LogP contribution in [0.4, 0.5) is 0 Å². The van der Waals surface area contributed by atoms with Crippen molar-refractivity contribution in [1.29, 1.82) is 0 Å². The third-order valence-electron chi connectivity index (χ3n) is 1.48. The van der Waals surface area contributed by atoms with Gasteiger partial charge < -0.3 is 0 Å². The summed E-state index contributed by atoms with van der Waals surface area (Å²) in [6.07, 6.45) is 0. The van der Waals surface area contributed by atoms with Gasteiger partial charge in [0.05, 0.1) is 0 Å². The fourth-order valence-electron chi connectivity index (χ4n) is 0.985. The van der Waals surface area contributed by atoms with E-state index in [1.165, 1.54) is 33.6 Å². The molecular formula is C9H12BiN. The Kier molecular flexibility index (Phi) is 3.48. The second-order valence-corrected chi connectivity index (χ2v) is 4.74. The van der Waals surface area contributed by atoms with E-state index < -0.39 is 0 Å². The van der Waals surface area contributed by atoms with E-state index in [0.717, 1.165) is 6.54 Å². The van der Waals surface area contributed by atoms with Crippen molar-refractivity contribution >= 4 is 28.0 Å². The standard InChI is InChI=1S/C9H12N.Bi/c1-10(2)8-9-6-4-3-5-7-9;/h3-6H,8H2,1-2H3;. The average molecular weight is 343 g/mol. The van der Waals surface area contributed by atoms with Crippen molar-refractivity contribution in [3.8, 4) is 0 Å². The molecule has 0 saturated heterocycles. The molecule has 0 aliphatic rings. The van der Waals surface area contributed by atoms with Gasteiger partial charge in [-0.05, 0) is 0 Å². The molecule has 0 amide bonds. The van der Waals surface area contributed by atoms with E-state index in [4.69, 9.17) is 0 Å². The summed E-state index contributed by atoms with van der Waals surface area (Å²) in [5.41, 5.74) is 1.46. The molecule has 0 atom stereocenters. The Hall–Kier alpha value is 0.0631. The molecule has 0 saturated carbocycles. The summed E-state index contributed by atoms with van der Waals surface area (Å²) in [7, 11) is 4.20. The maximum absolute atomic E-state index is 2.20. The van der Waals surface area contributed by atoms with Gasteiger partial charge in [0.2, 0.25) is 0 Å². The number of hydrogen-bond donors (Lipinski definition) is 0. The van der Waals surface area contributed by atoms with E-state index in [-0.39, 0.29) is 0 Å². The minimum atomic E-state index is 1.06.